The molecule has 1 unspecified atom stereocenters. The molecular formula is C24H20ClNO7. The maximum Gasteiger partial charge on any atom is 0.300 e. The topological polar surface area (TPSA) is 98.4 Å². The number of Topliss-reactive ketones (excluding diaryl/α,β-unsaturated/α-hetero) is 1. The van der Waals surface area contributed by atoms with E-state index in [1.807, 2.05) is 0 Å². The average Bonchev–Trinajstić information content (AvgIpc) is 3.45. The Labute approximate surface area is 194 Å². The number of benzene rings is 2. The number of anilines is 1. The lowest BCUT2D eigenvalue weighted by atomic mass is 9.98. The Kier molecular flexibility index (Phi) is 6.02. The number of hydrogen-bond acceptors (Lipinski definition) is 7. The molecule has 0 radical (unpaired) electrons. The van der Waals surface area contributed by atoms with Gasteiger partial charge in [-0.3, -0.25) is 14.5 Å². The number of ether oxygens (including phenoxy) is 3. The summed E-state index contributed by atoms with van der Waals surface area (Å²) in [5.41, 5.74) is 0.413. The second-order valence-corrected chi connectivity index (χ2v) is 7.48. The lowest BCUT2D eigenvalue weighted by Gasteiger charge is -2.24. The van der Waals surface area contributed by atoms with Crippen LogP contribution < -0.4 is 19.1 Å². The molecule has 1 aliphatic heterocycles. The van der Waals surface area contributed by atoms with E-state index in [2.05, 4.69) is 0 Å². The van der Waals surface area contributed by atoms with Crippen LogP contribution in [0.4, 0.5) is 5.69 Å². The Morgan fingerprint density at radius 1 is 1.00 bits per heavy atom. The molecule has 1 aliphatic rings. The molecule has 1 atom stereocenters. The van der Waals surface area contributed by atoms with Crippen LogP contribution in [0, 0.1) is 0 Å². The van der Waals surface area contributed by atoms with E-state index in [1.165, 1.54) is 38.6 Å². The third-order valence-corrected chi connectivity index (χ3v) is 5.63. The molecule has 4 rings (SSSR count). The summed E-state index contributed by atoms with van der Waals surface area (Å²) in [7, 11) is 4.39. The molecule has 2 aromatic carbocycles. The Morgan fingerprint density at radius 2 is 1.76 bits per heavy atom. The number of furan rings is 1. The Hall–Kier alpha value is -3.91. The van der Waals surface area contributed by atoms with Crippen LogP contribution in [0.2, 0.25) is 5.02 Å². The summed E-state index contributed by atoms with van der Waals surface area (Å²) in [6.07, 6.45) is 1.42. The van der Waals surface area contributed by atoms with Gasteiger partial charge < -0.3 is 23.7 Å². The van der Waals surface area contributed by atoms with E-state index in [0.717, 1.165) is 0 Å². The van der Waals surface area contributed by atoms with E-state index >= 15 is 0 Å². The van der Waals surface area contributed by atoms with Gasteiger partial charge in [0.2, 0.25) is 0 Å². The van der Waals surface area contributed by atoms with Gasteiger partial charge in [-0.2, -0.15) is 0 Å². The van der Waals surface area contributed by atoms with Crippen LogP contribution in [0.15, 0.2) is 64.8 Å². The van der Waals surface area contributed by atoms with Gasteiger partial charge >= 0.3 is 0 Å². The lowest BCUT2D eigenvalue weighted by molar-refractivity contribution is -0.132. The van der Waals surface area contributed by atoms with E-state index in [-0.39, 0.29) is 27.7 Å². The maximum absolute atomic E-state index is 13.2. The number of rotatable bonds is 6. The van der Waals surface area contributed by atoms with E-state index in [9.17, 15) is 14.7 Å². The first kappa shape index (κ1) is 22.3. The molecule has 33 heavy (non-hydrogen) atoms. The van der Waals surface area contributed by atoms with Gasteiger partial charge in [0.1, 0.15) is 34.8 Å². The Bertz CT molecular complexity index is 1250. The van der Waals surface area contributed by atoms with E-state index in [1.54, 1.807) is 42.5 Å². The van der Waals surface area contributed by atoms with Crippen LogP contribution in [0.1, 0.15) is 17.4 Å². The first-order chi connectivity index (χ1) is 15.9. The zero-order valence-electron chi connectivity index (χ0n) is 18.0. The van der Waals surface area contributed by atoms with Gasteiger partial charge in [-0.1, -0.05) is 11.6 Å². The highest BCUT2D eigenvalue weighted by Gasteiger charge is 2.48. The number of hydrogen-bond donors (Lipinski definition) is 1. The number of methoxy groups -OCH3 is 3. The number of nitrogens with zero attached hydrogens (tertiary/aromatic N) is 1. The van der Waals surface area contributed by atoms with Crippen LogP contribution in [0.25, 0.3) is 5.76 Å². The van der Waals surface area contributed by atoms with Gasteiger partial charge in [-0.15, -0.1) is 0 Å². The molecule has 0 bridgehead atoms. The molecule has 3 aromatic rings. The van der Waals surface area contributed by atoms with Crippen molar-refractivity contribution in [3.8, 4) is 17.2 Å². The predicted molar refractivity (Wildman–Crippen MR) is 121 cm³/mol. The third kappa shape index (κ3) is 3.78. The number of carbonyl (C=O) groups excluding carboxylic acids is 2. The fourth-order valence-corrected chi connectivity index (χ4v) is 4.01. The van der Waals surface area contributed by atoms with Crippen LogP contribution >= 0.6 is 11.6 Å². The molecule has 170 valence electrons. The molecule has 2 heterocycles. The highest BCUT2D eigenvalue weighted by atomic mass is 35.5. The molecule has 0 aliphatic carbocycles. The zero-order chi connectivity index (χ0) is 23.7. The molecule has 1 aromatic heterocycles. The molecule has 1 N–H and O–H groups in total. The zero-order valence-corrected chi connectivity index (χ0v) is 18.8. The smallest absolute Gasteiger partial charge is 0.300 e. The lowest BCUT2D eigenvalue weighted by Crippen LogP contribution is -2.29. The number of carbonyl (C=O) groups is 2. The normalized spacial score (nSPS) is 17.3. The van der Waals surface area contributed by atoms with Crippen molar-refractivity contribution >= 4 is 34.7 Å². The fraction of sp³-hybridized carbons (Fsp3) is 0.167. The van der Waals surface area contributed by atoms with Gasteiger partial charge in [0.15, 0.2) is 0 Å². The number of amides is 1. The summed E-state index contributed by atoms with van der Waals surface area (Å²) in [5.74, 6) is -0.658. The second kappa shape index (κ2) is 8.91. The SMILES string of the molecule is COc1ccc(/C(O)=C2/C(=O)C(=O)N(c3ccc(OC)c(Cl)c3)C2c2ccco2)c(OC)c1. The molecule has 0 spiro atoms. The standard InChI is InChI=1S/C24H20ClNO7/c1-30-14-7-8-15(19(12-14)32-3)22(27)20-21(18-5-4-10-33-18)26(24(29)23(20)28)13-6-9-17(31-2)16(25)11-13/h4-12,21,27H,1-3H3/b22-20-. The minimum atomic E-state index is -1.03. The van der Waals surface area contributed by atoms with Gasteiger partial charge in [0, 0.05) is 11.8 Å². The van der Waals surface area contributed by atoms with Crippen LogP contribution in [0.5, 0.6) is 17.2 Å². The number of aliphatic hydroxyl groups is 1. The van der Waals surface area contributed by atoms with Crippen molar-refractivity contribution in [1.82, 2.24) is 0 Å². The van der Waals surface area contributed by atoms with Crippen molar-refractivity contribution in [3.05, 3.63) is 76.7 Å². The maximum atomic E-state index is 13.2. The van der Waals surface area contributed by atoms with Crippen molar-refractivity contribution in [2.24, 2.45) is 0 Å². The Morgan fingerprint density at radius 3 is 2.36 bits per heavy atom. The van der Waals surface area contributed by atoms with Crippen molar-refractivity contribution in [2.75, 3.05) is 26.2 Å². The van der Waals surface area contributed by atoms with Crippen molar-refractivity contribution < 1.29 is 33.3 Å². The van der Waals surface area contributed by atoms with Crippen LogP contribution in [-0.4, -0.2) is 38.1 Å². The predicted octanol–water partition coefficient (Wildman–Crippen LogP) is 4.59. The van der Waals surface area contributed by atoms with Crippen LogP contribution in [0.3, 0.4) is 0 Å². The average molecular weight is 470 g/mol. The quantitative estimate of drug-likeness (QED) is 0.320. The molecule has 1 saturated heterocycles. The number of halogens is 1. The molecule has 1 fully saturated rings. The van der Waals surface area contributed by atoms with Crippen molar-refractivity contribution in [2.45, 2.75) is 6.04 Å². The monoisotopic (exact) mass is 469 g/mol. The van der Waals surface area contributed by atoms with Gasteiger partial charge in [0.05, 0.1) is 43.8 Å². The minimum absolute atomic E-state index is 0.148. The van der Waals surface area contributed by atoms with Gasteiger partial charge in [0.25, 0.3) is 11.7 Å². The highest BCUT2D eigenvalue weighted by Crippen LogP contribution is 2.44. The summed E-state index contributed by atoms with van der Waals surface area (Å²) in [6.45, 7) is 0. The molecule has 8 nitrogen and oxygen atoms in total. The second-order valence-electron chi connectivity index (χ2n) is 7.07. The largest absolute Gasteiger partial charge is 0.507 e. The summed E-state index contributed by atoms with van der Waals surface area (Å²) in [5, 5.41) is 11.5. The molecule has 0 saturated carbocycles. The number of aliphatic hydroxyl groups excluding tert-OH is 1. The van der Waals surface area contributed by atoms with Gasteiger partial charge in [-0.25, -0.2) is 0 Å². The molecule has 1 amide bonds. The van der Waals surface area contributed by atoms with Crippen molar-refractivity contribution in [3.63, 3.8) is 0 Å². The summed E-state index contributed by atoms with van der Waals surface area (Å²) in [6, 6.07) is 11.6. The summed E-state index contributed by atoms with van der Waals surface area (Å²) in [4.78, 5) is 27.5. The van der Waals surface area contributed by atoms with E-state index < -0.39 is 23.5 Å². The van der Waals surface area contributed by atoms with Crippen LogP contribution in [-0.2, 0) is 9.59 Å². The van der Waals surface area contributed by atoms with E-state index in [4.69, 9.17) is 30.2 Å². The highest BCUT2D eigenvalue weighted by molar-refractivity contribution is 6.51. The third-order valence-electron chi connectivity index (χ3n) is 5.33. The van der Waals surface area contributed by atoms with E-state index in [0.29, 0.717) is 17.2 Å². The van der Waals surface area contributed by atoms with Gasteiger partial charge in [-0.05, 0) is 42.5 Å². The molecule has 9 heteroatoms. The summed E-state index contributed by atoms with van der Waals surface area (Å²) >= 11 is 6.27. The molecular weight excluding hydrogens is 450 g/mol. The van der Waals surface area contributed by atoms with Crippen molar-refractivity contribution in [1.29, 1.82) is 0 Å². The first-order valence-corrected chi connectivity index (χ1v) is 10.2. The Balaban J connectivity index is 1.92. The fourth-order valence-electron chi connectivity index (χ4n) is 3.76. The summed E-state index contributed by atoms with van der Waals surface area (Å²) < 4.78 is 21.3. The first-order valence-electron chi connectivity index (χ1n) is 9.81. The number of ketones is 1. The minimum Gasteiger partial charge on any atom is -0.507 e.